The SMILES string of the molecule is Cc1cc(Nc2ncnc3ccc(NC(=O)OCC4COCCN4)cc23)ccc1Oc1cc2nncn2cn1. The lowest BCUT2D eigenvalue weighted by atomic mass is 10.1. The van der Waals surface area contributed by atoms with Crippen molar-refractivity contribution >= 4 is 39.8 Å². The highest BCUT2D eigenvalue weighted by atomic mass is 16.6. The van der Waals surface area contributed by atoms with Crippen molar-refractivity contribution in [3.63, 3.8) is 0 Å². The number of rotatable bonds is 7. The van der Waals surface area contributed by atoms with Gasteiger partial charge in [0.2, 0.25) is 5.88 Å². The summed E-state index contributed by atoms with van der Waals surface area (Å²) >= 11 is 0. The zero-order valence-corrected chi connectivity index (χ0v) is 21.0. The number of carbonyl (C=O) groups excluding carboxylic acids is 1. The average molecular weight is 528 g/mol. The first kappa shape index (κ1) is 24.5. The highest BCUT2D eigenvalue weighted by Crippen LogP contribution is 2.30. The van der Waals surface area contributed by atoms with Gasteiger partial charge in [0.1, 0.15) is 37.2 Å². The van der Waals surface area contributed by atoms with Crippen LogP contribution in [0.25, 0.3) is 16.6 Å². The van der Waals surface area contributed by atoms with E-state index < -0.39 is 6.09 Å². The second-order valence-electron chi connectivity index (χ2n) is 8.93. The Balaban J connectivity index is 1.15. The summed E-state index contributed by atoms with van der Waals surface area (Å²) in [5.74, 6) is 1.67. The first-order chi connectivity index (χ1) is 19.1. The summed E-state index contributed by atoms with van der Waals surface area (Å²) in [6.07, 6.45) is 4.12. The van der Waals surface area contributed by atoms with Crippen LogP contribution in [0, 0.1) is 6.92 Å². The molecule has 1 saturated heterocycles. The molecule has 39 heavy (non-hydrogen) atoms. The van der Waals surface area contributed by atoms with Crippen LogP contribution in [0.1, 0.15) is 5.56 Å². The number of hydrogen-bond acceptors (Lipinski definition) is 11. The van der Waals surface area contributed by atoms with E-state index in [2.05, 4.69) is 41.1 Å². The fourth-order valence-corrected chi connectivity index (χ4v) is 4.15. The molecule has 13 heteroatoms. The van der Waals surface area contributed by atoms with E-state index in [0.29, 0.717) is 42.0 Å². The number of fused-ring (bicyclic) bond motifs is 2. The normalized spacial score (nSPS) is 15.3. The quantitative estimate of drug-likeness (QED) is 0.286. The molecule has 0 spiro atoms. The molecule has 1 unspecified atom stereocenters. The largest absolute Gasteiger partial charge is 0.448 e. The third kappa shape index (κ3) is 5.68. The van der Waals surface area contributed by atoms with Crippen molar-refractivity contribution in [1.82, 2.24) is 34.9 Å². The van der Waals surface area contributed by atoms with Crippen molar-refractivity contribution in [2.75, 3.05) is 37.0 Å². The lowest BCUT2D eigenvalue weighted by Crippen LogP contribution is -2.44. The molecular weight excluding hydrogens is 502 g/mol. The van der Waals surface area contributed by atoms with E-state index in [1.54, 1.807) is 35.3 Å². The van der Waals surface area contributed by atoms with Crippen molar-refractivity contribution in [3.05, 3.63) is 67.0 Å². The summed E-state index contributed by atoms with van der Waals surface area (Å²) in [6.45, 7) is 4.08. The van der Waals surface area contributed by atoms with E-state index >= 15 is 0 Å². The Morgan fingerprint density at radius 2 is 2.05 bits per heavy atom. The number of anilines is 3. The summed E-state index contributed by atoms with van der Waals surface area (Å²) in [6, 6.07) is 12.8. The zero-order valence-electron chi connectivity index (χ0n) is 21.0. The second kappa shape index (κ2) is 10.8. The molecule has 0 saturated carbocycles. The summed E-state index contributed by atoms with van der Waals surface area (Å²) in [5.41, 5.74) is 3.63. The molecule has 0 bridgehead atoms. The minimum absolute atomic E-state index is 0.0145. The van der Waals surface area contributed by atoms with E-state index in [4.69, 9.17) is 14.2 Å². The Bertz CT molecular complexity index is 1630. The molecule has 0 aliphatic carbocycles. The standard InChI is InChI=1S/C26H25N9O4/c1-16-8-17(3-5-22(16)39-24-10-23-34-31-15-35(23)14-30-24)32-25-20-9-18(2-4-21(20)28-13-29-25)33-26(36)38-12-19-11-37-7-6-27-19/h2-5,8-10,13-15,19,27H,6-7,11-12H2,1H3,(H,33,36)(H,28,29,32). The van der Waals surface area contributed by atoms with Gasteiger partial charge in [0, 0.05) is 29.4 Å². The maximum absolute atomic E-state index is 12.3. The molecule has 4 heterocycles. The van der Waals surface area contributed by atoms with E-state index in [0.717, 1.165) is 28.7 Å². The predicted octanol–water partition coefficient (Wildman–Crippen LogP) is 3.45. The Morgan fingerprint density at radius 1 is 1.13 bits per heavy atom. The highest BCUT2D eigenvalue weighted by Gasteiger charge is 2.16. The molecule has 1 aliphatic rings. The fraction of sp³-hybridized carbons (Fsp3) is 0.231. The predicted molar refractivity (Wildman–Crippen MR) is 142 cm³/mol. The van der Waals surface area contributed by atoms with Crippen molar-refractivity contribution in [3.8, 4) is 11.6 Å². The molecule has 1 amide bonds. The summed E-state index contributed by atoms with van der Waals surface area (Å²) in [4.78, 5) is 25.4. The third-order valence-electron chi connectivity index (χ3n) is 6.11. The van der Waals surface area contributed by atoms with Crippen molar-refractivity contribution in [2.45, 2.75) is 13.0 Å². The van der Waals surface area contributed by atoms with Gasteiger partial charge in [-0.3, -0.25) is 9.72 Å². The molecule has 6 rings (SSSR count). The first-order valence-corrected chi connectivity index (χ1v) is 12.3. The number of nitrogens with zero attached hydrogens (tertiary/aromatic N) is 6. The second-order valence-corrected chi connectivity index (χ2v) is 8.93. The number of carbonyl (C=O) groups is 1. The molecular formula is C26H25N9O4. The third-order valence-corrected chi connectivity index (χ3v) is 6.11. The Morgan fingerprint density at radius 3 is 2.92 bits per heavy atom. The molecule has 1 aliphatic heterocycles. The molecule has 1 atom stereocenters. The van der Waals surface area contributed by atoms with Crippen LogP contribution in [0.2, 0.25) is 0 Å². The number of morpholine rings is 1. The number of aryl methyl sites for hydroxylation is 1. The topological polar surface area (TPSA) is 150 Å². The van der Waals surface area contributed by atoms with E-state index in [1.165, 1.54) is 6.33 Å². The van der Waals surface area contributed by atoms with Gasteiger partial charge in [-0.2, -0.15) is 0 Å². The number of amides is 1. The van der Waals surface area contributed by atoms with E-state index in [1.807, 2.05) is 31.2 Å². The maximum Gasteiger partial charge on any atom is 0.411 e. The van der Waals surface area contributed by atoms with Gasteiger partial charge in [-0.25, -0.2) is 19.7 Å². The molecule has 1 fully saturated rings. The van der Waals surface area contributed by atoms with Crippen LogP contribution in [-0.4, -0.2) is 68.1 Å². The van der Waals surface area contributed by atoms with Crippen molar-refractivity contribution in [2.24, 2.45) is 0 Å². The monoisotopic (exact) mass is 527 g/mol. The minimum Gasteiger partial charge on any atom is -0.448 e. The highest BCUT2D eigenvalue weighted by molar-refractivity contribution is 5.95. The van der Waals surface area contributed by atoms with Gasteiger partial charge in [0.15, 0.2) is 5.65 Å². The Kier molecular flexibility index (Phi) is 6.80. The molecule has 13 nitrogen and oxygen atoms in total. The summed E-state index contributed by atoms with van der Waals surface area (Å²) in [5, 5.41) is 18.0. The fourth-order valence-electron chi connectivity index (χ4n) is 4.15. The van der Waals surface area contributed by atoms with Crippen molar-refractivity contribution in [1.29, 1.82) is 0 Å². The number of ether oxygens (including phenoxy) is 3. The summed E-state index contributed by atoms with van der Waals surface area (Å²) < 4.78 is 18.4. The van der Waals surface area contributed by atoms with Gasteiger partial charge in [0.05, 0.1) is 24.8 Å². The molecule has 3 aromatic heterocycles. The molecule has 2 aromatic carbocycles. The maximum atomic E-state index is 12.3. The van der Waals surface area contributed by atoms with Gasteiger partial charge < -0.3 is 24.8 Å². The van der Waals surface area contributed by atoms with Crippen LogP contribution in [0.3, 0.4) is 0 Å². The Labute approximate surface area is 222 Å². The van der Waals surface area contributed by atoms with Crippen LogP contribution in [0.15, 0.2) is 61.4 Å². The van der Waals surface area contributed by atoms with Gasteiger partial charge in [0.25, 0.3) is 0 Å². The number of aromatic nitrogens is 6. The number of benzene rings is 2. The zero-order chi connectivity index (χ0) is 26.6. The van der Waals surface area contributed by atoms with Crippen LogP contribution in [0.4, 0.5) is 22.0 Å². The van der Waals surface area contributed by atoms with Crippen LogP contribution >= 0.6 is 0 Å². The van der Waals surface area contributed by atoms with Crippen LogP contribution in [-0.2, 0) is 9.47 Å². The number of nitrogens with one attached hydrogen (secondary N) is 3. The minimum atomic E-state index is -0.544. The summed E-state index contributed by atoms with van der Waals surface area (Å²) in [7, 11) is 0. The van der Waals surface area contributed by atoms with Gasteiger partial charge in [-0.15, -0.1) is 10.2 Å². The van der Waals surface area contributed by atoms with Crippen molar-refractivity contribution < 1.29 is 19.0 Å². The van der Waals surface area contributed by atoms with Crippen LogP contribution < -0.4 is 20.7 Å². The molecule has 0 radical (unpaired) electrons. The average Bonchev–Trinajstić information content (AvgIpc) is 3.42. The Hall–Kier alpha value is -4.88. The van der Waals surface area contributed by atoms with E-state index in [9.17, 15) is 4.79 Å². The van der Waals surface area contributed by atoms with Gasteiger partial charge >= 0.3 is 6.09 Å². The lowest BCUT2D eigenvalue weighted by molar-refractivity contribution is 0.0494. The smallest absolute Gasteiger partial charge is 0.411 e. The van der Waals surface area contributed by atoms with E-state index in [-0.39, 0.29) is 12.6 Å². The molecule has 3 N–H and O–H groups in total. The first-order valence-electron chi connectivity index (χ1n) is 12.3. The lowest BCUT2D eigenvalue weighted by Gasteiger charge is -2.23. The number of hydrogen-bond donors (Lipinski definition) is 3. The molecule has 5 aromatic rings. The van der Waals surface area contributed by atoms with Gasteiger partial charge in [-0.1, -0.05) is 0 Å². The van der Waals surface area contributed by atoms with Crippen LogP contribution in [0.5, 0.6) is 11.6 Å². The molecule has 198 valence electrons. The van der Waals surface area contributed by atoms with Gasteiger partial charge in [-0.05, 0) is 48.9 Å².